The summed E-state index contributed by atoms with van der Waals surface area (Å²) < 4.78 is 20.9. The fourth-order valence-corrected chi connectivity index (χ4v) is 6.52. The minimum absolute atomic E-state index is 0.307. The summed E-state index contributed by atoms with van der Waals surface area (Å²) in [6, 6.07) is 17.5. The molecule has 3 aromatic carbocycles. The maximum absolute atomic E-state index is 11.7. The molecule has 5 aromatic rings. The van der Waals surface area contributed by atoms with E-state index in [1.54, 1.807) is 6.07 Å². The van der Waals surface area contributed by atoms with Gasteiger partial charge in [-0.25, -0.2) is 9.59 Å². The van der Waals surface area contributed by atoms with E-state index in [0.29, 0.717) is 30.9 Å². The summed E-state index contributed by atoms with van der Waals surface area (Å²) >= 11 is 0. The minimum Gasteiger partial charge on any atom is -0.486 e. The molecule has 0 amide bonds. The number of rotatable bonds is 10. The molecule has 2 aliphatic heterocycles. The molecule has 0 spiro atoms. The van der Waals surface area contributed by atoms with Gasteiger partial charge in [-0.3, -0.25) is 4.90 Å². The van der Waals surface area contributed by atoms with E-state index in [1.165, 1.54) is 36.4 Å². The van der Waals surface area contributed by atoms with Crippen LogP contribution in [0.4, 0.5) is 5.69 Å². The van der Waals surface area contributed by atoms with Gasteiger partial charge in [0.2, 0.25) is 0 Å². The molecule has 2 aliphatic rings. The molecular formula is C38H45N5O6. The lowest BCUT2D eigenvalue weighted by Gasteiger charge is -2.36. The molecule has 1 saturated heterocycles. The molecule has 49 heavy (non-hydrogen) atoms. The molecule has 0 unspecified atom stereocenters. The lowest BCUT2D eigenvalue weighted by molar-refractivity contribution is 0.0592. The monoisotopic (exact) mass is 667 g/mol. The summed E-state index contributed by atoms with van der Waals surface area (Å²) in [6.07, 6.45) is 8.07. The maximum atomic E-state index is 11.7. The number of hydrogen-bond donors (Lipinski definition) is 3. The van der Waals surface area contributed by atoms with E-state index in [4.69, 9.17) is 19.9 Å². The first-order valence-corrected chi connectivity index (χ1v) is 16.9. The highest BCUT2D eigenvalue weighted by Gasteiger charge is 2.20. The van der Waals surface area contributed by atoms with Crippen molar-refractivity contribution in [1.29, 1.82) is 0 Å². The van der Waals surface area contributed by atoms with Crippen LogP contribution in [0.3, 0.4) is 0 Å². The number of fused-ring (bicyclic) bond motifs is 3. The number of aryl methyl sites for hydroxylation is 2. The number of nitrogens with one attached hydrogen (secondary N) is 2. The molecule has 11 heteroatoms. The van der Waals surface area contributed by atoms with E-state index in [9.17, 15) is 9.59 Å². The fourth-order valence-electron chi connectivity index (χ4n) is 6.52. The second kappa shape index (κ2) is 15.9. The van der Waals surface area contributed by atoms with Crippen LogP contribution in [-0.4, -0.2) is 93.5 Å². The molecule has 1 fully saturated rings. The lowest BCUT2D eigenvalue weighted by atomic mass is 10.1. The van der Waals surface area contributed by atoms with Crippen molar-refractivity contribution in [3.05, 3.63) is 89.2 Å². The third-order valence-electron chi connectivity index (χ3n) is 9.21. The molecule has 258 valence electrons. The smallest absolute Gasteiger partial charge is 0.337 e. The molecule has 0 radical (unpaired) electrons. The van der Waals surface area contributed by atoms with E-state index < -0.39 is 0 Å². The molecule has 2 aromatic heterocycles. The fraction of sp³-hybridized carbons (Fsp3) is 0.368. The molecule has 4 heterocycles. The summed E-state index contributed by atoms with van der Waals surface area (Å²) in [7, 11) is 2.79. The van der Waals surface area contributed by atoms with Crippen LogP contribution in [0.5, 0.6) is 11.5 Å². The molecule has 0 saturated carbocycles. The topological polar surface area (TPSA) is 135 Å². The summed E-state index contributed by atoms with van der Waals surface area (Å²) in [5.74, 6) is 1.08. The normalized spacial score (nSPS) is 14.4. The van der Waals surface area contributed by atoms with Crippen LogP contribution in [0.15, 0.2) is 67.0 Å². The van der Waals surface area contributed by atoms with Gasteiger partial charge in [0, 0.05) is 72.1 Å². The zero-order valence-corrected chi connectivity index (χ0v) is 28.3. The Balaban J connectivity index is 0.000000207. The second-order valence-corrected chi connectivity index (χ2v) is 12.3. The zero-order valence-electron chi connectivity index (χ0n) is 28.3. The number of ether oxygens (including phenoxy) is 4. The number of anilines is 1. The third-order valence-corrected chi connectivity index (χ3v) is 9.21. The molecule has 4 N–H and O–H groups in total. The van der Waals surface area contributed by atoms with Gasteiger partial charge in [-0.05, 0) is 86.3 Å². The number of piperazine rings is 1. The first-order valence-electron chi connectivity index (χ1n) is 16.9. The van der Waals surface area contributed by atoms with Crippen molar-refractivity contribution in [2.24, 2.45) is 5.73 Å². The van der Waals surface area contributed by atoms with E-state index in [-0.39, 0.29) is 11.9 Å². The molecular weight excluding hydrogens is 622 g/mol. The average Bonchev–Trinajstić information content (AvgIpc) is 3.76. The molecule has 11 nitrogen and oxygen atoms in total. The first kappa shape index (κ1) is 33.9. The number of methoxy groups -OCH3 is 2. The summed E-state index contributed by atoms with van der Waals surface area (Å²) in [6.45, 7) is 7.17. The van der Waals surface area contributed by atoms with Crippen molar-refractivity contribution in [2.45, 2.75) is 25.7 Å². The van der Waals surface area contributed by atoms with Crippen molar-refractivity contribution >= 4 is 39.4 Å². The Morgan fingerprint density at radius 1 is 0.735 bits per heavy atom. The predicted octanol–water partition coefficient (Wildman–Crippen LogP) is 5.33. The average molecular weight is 668 g/mol. The first-order chi connectivity index (χ1) is 24.0. The Hall–Kier alpha value is -5.00. The number of nitrogens with zero attached hydrogens (tertiary/aromatic N) is 2. The third kappa shape index (κ3) is 8.01. The molecule has 0 atom stereocenters. The van der Waals surface area contributed by atoms with Crippen molar-refractivity contribution in [1.82, 2.24) is 14.9 Å². The van der Waals surface area contributed by atoms with Crippen molar-refractivity contribution < 1.29 is 28.5 Å². The van der Waals surface area contributed by atoms with Gasteiger partial charge in [0.1, 0.15) is 13.2 Å². The second-order valence-electron chi connectivity index (χ2n) is 12.3. The highest BCUT2D eigenvalue weighted by Crippen LogP contribution is 2.34. The quantitative estimate of drug-likeness (QED) is 0.169. The highest BCUT2D eigenvalue weighted by molar-refractivity contribution is 5.96. The predicted molar refractivity (Wildman–Crippen MR) is 191 cm³/mol. The van der Waals surface area contributed by atoms with E-state index in [1.807, 2.05) is 42.6 Å². The zero-order chi connectivity index (χ0) is 34.2. The lowest BCUT2D eigenvalue weighted by Crippen LogP contribution is -2.46. The van der Waals surface area contributed by atoms with Crippen molar-refractivity contribution in [3.8, 4) is 11.5 Å². The van der Waals surface area contributed by atoms with Crippen LogP contribution in [0.2, 0.25) is 0 Å². The minimum atomic E-state index is -0.315. The van der Waals surface area contributed by atoms with Crippen LogP contribution in [0.1, 0.15) is 44.7 Å². The van der Waals surface area contributed by atoms with E-state index >= 15 is 0 Å². The van der Waals surface area contributed by atoms with E-state index in [2.05, 4.69) is 42.8 Å². The van der Waals surface area contributed by atoms with Gasteiger partial charge in [0.15, 0.2) is 11.5 Å². The van der Waals surface area contributed by atoms with Gasteiger partial charge in [-0.15, -0.1) is 0 Å². The molecule has 7 rings (SSSR count). The molecule has 0 aliphatic carbocycles. The van der Waals surface area contributed by atoms with Crippen molar-refractivity contribution in [2.75, 3.05) is 71.6 Å². The number of carbonyl (C=O) groups excluding carboxylic acids is 2. The van der Waals surface area contributed by atoms with Gasteiger partial charge in [0.25, 0.3) is 0 Å². The standard InChI is InChI=1S/C25H29N3O4.C13H16N2O2/c1-30-25(29)18-4-6-21-19(17-26-22(21)15-18)3-2-8-27-9-11-28(12-10-27)20-5-7-23-24(16-20)32-14-13-31-23;1-17-13(16)9-4-5-11-10(3-2-6-14)8-15-12(11)7-9/h4-7,15-17,26H,2-3,8-14H2,1H3;4-5,7-8,15H,2-3,6,14H2,1H3. The van der Waals surface area contributed by atoms with Gasteiger partial charge in [-0.2, -0.15) is 0 Å². The number of hydrogen-bond acceptors (Lipinski definition) is 9. The Bertz CT molecular complexity index is 1890. The van der Waals surface area contributed by atoms with E-state index in [0.717, 1.165) is 86.3 Å². The largest absolute Gasteiger partial charge is 0.486 e. The van der Waals surface area contributed by atoms with Gasteiger partial charge in [-0.1, -0.05) is 12.1 Å². The Kier molecular flexibility index (Phi) is 11.0. The number of nitrogens with two attached hydrogens (primary N) is 1. The van der Waals surface area contributed by atoms with Crippen LogP contribution < -0.4 is 20.1 Å². The summed E-state index contributed by atoms with van der Waals surface area (Å²) in [4.78, 5) is 34.5. The number of H-pyrrole nitrogens is 2. The molecule has 0 bridgehead atoms. The van der Waals surface area contributed by atoms with Crippen LogP contribution in [-0.2, 0) is 22.3 Å². The SMILES string of the molecule is COC(=O)c1ccc2c(CCCN)c[nH]c2c1.COC(=O)c1ccc2c(CCCN3CCN(c4ccc5c(c4)OCCO5)CC3)c[nH]c2c1. The van der Waals surface area contributed by atoms with Gasteiger partial charge in [0.05, 0.1) is 25.3 Å². The number of esters is 2. The maximum Gasteiger partial charge on any atom is 0.337 e. The summed E-state index contributed by atoms with van der Waals surface area (Å²) in [5.41, 5.74) is 12.3. The van der Waals surface area contributed by atoms with Gasteiger partial charge >= 0.3 is 11.9 Å². The summed E-state index contributed by atoms with van der Waals surface area (Å²) in [5, 5.41) is 2.33. The Morgan fingerprint density at radius 2 is 1.31 bits per heavy atom. The van der Waals surface area contributed by atoms with Crippen LogP contribution in [0.25, 0.3) is 21.8 Å². The van der Waals surface area contributed by atoms with Crippen LogP contribution in [0, 0.1) is 0 Å². The Labute approximate surface area is 286 Å². The number of aromatic nitrogens is 2. The Morgan fingerprint density at radius 3 is 1.88 bits per heavy atom. The van der Waals surface area contributed by atoms with Gasteiger partial charge < -0.3 is 39.5 Å². The highest BCUT2D eigenvalue weighted by atomic mass is 16.6. The number of aromatic amines is 2. The number of carbonyl (C=O) groups is 2. The van der Waals surface area contributed by atoms with Crippen molar-refractivity contribution in [3.63, 3.8) is 0 Å². The van der Waals surface area contributed by atoms with Crippen LogP contribution >= 0.6 is 0 Å². The number of benzene rings is 3.